The molecule has 1 aliphatic heterocycles. The molecule has 0 saturated carbocycles. The first-order valence-electron chi connectivity index (χ1n) is 10.0. The second-order valence-corrected chi connectivity index (χ2v) is 9.33. The molecule has 1 saturated heterocycles. The van der Waals surface area contributed by atoms with Crippen molar-refractivity contribution < 1.29 is 18.0 Å². The summed E-state index contributed by atoms with van der Waals surface area (Å²) in [5.41, 5.74) is 1.32. The van der Waals surface area contributed by atoms with Crippen molar-refractivity contribution in [2.24, 2.45) is 0 Å². The van der Waals surface area contributed by atoms with E-state index >= 15 is 0 Å². The second-order valence-electron chi connectivity index (χ2n) is 7.39. The lowest BCUT2D eigenvalue weighted by Gasteiger charge is -2.29. The SMILES string of the molecule is CCC(C)N(Cc1ccccc1)C(=O)c1cccc(S(=O)(=O)N2CCNC(=O)C2)c1. The third kappa shape index (κ3) is 4.88. The molecule has 0 radical (unpaired) electrons. The van der Waals surface area contributed by atoms with Gasteiger partial charge in [0.25, 0.3) is 5.91 Å². The zero-order valence-electron chi connectivity index (χ0n) is 17.2. The summed E-state index contributed by atoms with van der Waals surface area (Å²) in [5.74, 6) is -0.551. The predicted octanol–water partition coefficient (Wildman–Crippen LogP) is 2.25. The van der Waals surface area contributed by atoms with Crippen molar-refractivity contribution in [3.8, 4) is 0 Å². The number of nitrogens with one attached hydrogen (secondary N) is 1. The summed E-state index contributed by atoms with van der Waals surface area (Å²) < 4.78 is 27.1. The Hall–Kier alpha value is -2.71. The van der Waals surface area contributed by atoms with Crippen LogP contribution in [0.1, 0.15) is 36.2 Å². The van der Waals surface area contributed by atoms with Crippen LogP contribution in [0.5, 0.6) is 0 Å². The topological polar surface area (TPSA) is 86.8 Å². The molecule has 1 aliphatic rings. The molecular weight excluding hydrogens is 402 g/mol. The molecule has 1 heterocycles. The molecule has 0 spiro atoms. The summed E-state index contributed by atoms with van der Waals surface area (Å²) in [4.78, 5) is 26.7. The number of nitrogens with zero attached hydrogens (tertiary/aromatic N) is 2. The van der Waals surface area contributed by atoms with Crippen molar-refractivity contribution in [2.75, 3.05) is 19.6 Å². The fraction of sp³-hybridized carbons (Fsp3) is 0.364. The van der Waals surface area contributed by atoms with Crippen LogP contribution in [0.2, 0.25) is 0 Å². The first kappa shape index (κ1) is 22.0. The van der Waals surface area contributed by atoms with Gasteiger partial charge in [0.2, 0.25) is 15.9 Å². The van der Waals surface area contributed by atoms with Crippen molar-refractivity contribution in [3.63, 3.8) is 0 Å². The Morgan fingerprint density at radius 3 is 2.57 bits per heavy atom. The molecule has 2 aromatic carbocycles. The molecule has 160 valence electrons. The van der Waals surface area contributed by atoms with E-state index in [0.717, 1.165) is 16.3 Å². The lowest BCUT2D eigenvalue weighted by Crippen LogP contribution is -2.49. The predicted molar refractivity (Wildman–Crippen MR) is 114 cm³/mol. The Labute approximate surface area is 177 Å². The van der Waals surface area contributed by atoms with Gasteiger partial charge < -0.3 is 10.2 Å². The van der Waals surface area contributed by atoms with E-state index in [0.29, 0.717) is 12.1 Å². The van der Waals surface area contributed by atoms with Crippen LogP contribution in [0.3, 0.4) is 0 Å². The number of piperazine rings is 1. The average Bonchev–Trinajstić information content (AvgIpc) is 2.77. The summed E-state index contributed by atoms with van der Waals surface area (Å²) in [7, 11) is -3.86. The summed E-state index contributed by atoms with van der Waals surface area (Å²) in [6.07, 6.45) is 0.777. The van der Waals surface area contributed by atoms with Gasteiger partial charge in [0.05, 0.1) is 11.4 Å². The van der Waals surface area contributed by atoms with E-state index in [1.165, 1.54) is 12.1 Å². The Morgan fingerprint density at radius 1 is 1.17 bits per heavy atom. The smallest absolute Gasteiger partial charge is 0.254 e. The minimum atomic E-state index is -3.86. The molecule has 0 bridgehead atoms. The van der Waals surface area contributed by atoms with Crippen LogP contribution in [0.4, 0.5) is 0 Å². The molecule has 3 rings (SSSR count). The largest absolute Gasteiger partial charge is 0.354 e. The van der Waals surface area contributed by atoms with Gasteiger partial charge in [-0.05, 0) is 37.1 Å². The fourth-order valence-electron chi connectivity index (χ4n) is 3.35. The lowest BCUT2D eigenvalue weighted by molar-refractivity contribution is -0.122. The second kappa shape index (κ2) is 9.40. The van der Waals surface area contributed by atoms with Gasteiger partial charge in [-0.3, -0.25) is 9.59 Å². The number of hydrogen-bond donors (Lipinski definition) is 1. The highest BCUT2D eigenvalue weighted by Crippen LogP contribution is 2.21. The minimum Gasteiger partial charge on any atom is -0.354 e. The number of benzene rings is 2. The van der Waals surface area contributed by atoms with Gasteiger partial charge in [-0.15, -0.1) is 0 Å². The third-order valence-electron chi connectivity index (χ3n) is 5.30. The van der Waals surface area contributed by atoms with E-state index in [1.54, 1.807) is 17.0 Å². The highest BCUT2D eigenvalue weighted by atomic mass is 32.2. The van der Waals surface area contributed by atoms with Crippen molar-refractivity contribution >= 4 is 21.8 Å². The highest BCUT2D eigenvalue weighted by molar-refractivity contribution is 7.89. The summed E-state index contributed by atoms with van der Waals surface area (Å²) in [6, 6.07) is 15.8. The van der Waals surface area contributed by atoms with E-state index < -0.39 is 10.0 Å². The van der Waals surface area contributed by atoms with E-state index in [4.69, 9.17) is 0 Å². The van der Waals surface area contributed by atoms with Crippen LogP contribution in [-0.4, -0.2) is 55.1 Å². The molecule has 2 aromatic rings. The van der Waals surface area contributed by atoms with E-state index in [1.807, 2.05) is 44.2 Å². The van der Waals surface area contributed by atoms with Gasteiger partial charge in [-0.25, -0.2) is 8.42 Å². The Bertz CT molecular complexity index is 1010. The number of sulfonamides is 1. The maximum Gasteiger partial charge on any atom is 0.254 e. The molecule has 1 fully saturated rings. The zero-order chi connectivity index (χ0) is 21.7. The average molecular weight is 430 g/mol. The van der Waals surface area contributed by atoms with Crippen LogP contribution >= 0.6 is 0 Å². The number of amides is 2. The summed E-state index contributed by atoms with van der Waals surface area (Å²) in [6.45, 7) is 4.70. The van der Waals surface area contributed by atoms with Crippen molar-refractivity contribution in [1.82, 2.24) is 14.5 Å². The number of hydrogen-bond acceptors (Lipinski definition) is 4. The van der Waals surface area contributed by atoms with Gasteiger partial charge in [-0.2, -0.15) is 4.31 Å². The molecule has 7 nitrogen and oxygen atoms in total. The summed E-state index contributed by atoms with van der Waals surface area (Å²) >= 11 is 0. The molecule has 2 amide bonds. The van der Waals surface area contributed by atoms with Crippen LogP contribution in [0, 0.1) is 0 Å². The van der Waals surface area contributed by atoms with Gasteiger partial charge in [0, 0.05) is 31.2 Å². The van der Waals surface area contributed by atoms with Crippen molar-refractivity contribution in [1.29, 1.82) is 0 Å². The summed E-state index contributed by atoms with van der Waals surface area (Å²) in [5, 5.41) is 2.62. The Morgan fingerprint density at radius 2 is 1.90 bits per heavy atom. The minimum absolute atomic E-state index is 0.0104. The Balaban J connectivity index is 1.89. The number of carbonyl (C=O) groups is 2. The number of carbonyl (C=O) groups excluding carboxylic acids is 2. The highest BCUT2D eigenvalue weighted by Gasteiger charge is 2.30. The van der Waals surface area contributed by atoms with Crippen LogP contribution in [0.25, 0.3) is 0 Å². The molecule has 30 heavy (non-hydrogen) atoms. The van der Waals surface area contributed by atoms with Crippen molar-refractivity contribution in [3.05, 3.63) is 65.7 Å². The quantitative estimate of drug-likeness (QED) is 0.731. The van der Waals surface area contributed by atoms with Gasteiger partial charge in [0.1, 0.15) is 0 Å². The maximum atomic E-state index is 13.3. The van der Waals surface area contributed by atoms with Crippen LogP contribution in [-0.2, 0) is 21.4 Å². The molecule has 0 aromatic heterocycles. The van der Waals surface area contributed by atoms with Crippen molar-refractivity contribution in [2.45, 2.75) is 37.8 Å². The van der Waals surface area contributed by atoms with E-state index in [9.17, 15) is 18.0 Å². The van der Waals surface area contributed by atoms with Gasteiger partial charge in [-0.1, -0.05) is 43.3 Å². The number of rotatable bonds is 7. The maximum absolute atomic E-state index is 13.3. The van der Waals surface area contributed by atoms with Gasteiger partial charge >= 0.3 is 0 Å². The molecule has 1 atom stereocenters. The lowest BCUT2D eigenvalue weighted by atomic mass is 10.1. The van der Waals surface area contributed by atoms with E-state index in [2.05, 4.69) is 5.32 Å². The normalized spacial score (nSPS) is 16.0. The third-order valence-corrected chi connectivity index (χ3v) is 7.14. The first-order chi connectivity index (χ1) is 14.3. The van der Waals surface area contributed by atoms with Gasteiger partial charge in [0.15, 0.2) is 0 Å². The molecule has 0 aliphatic carbocycles. The fourth-order valence-corrected chi connectivity index (χ4v) is 4.80. The Kier molecular flexibility index (Phi) is 6.89. The van der Waals surface area contributed by atoms with Crippen LogP contribution < -0.4 is 5.32 Å². The first-order valence-corrected chi connectivity index (χ1v) is 11.5. The zero-order valence-corrected chi connectivity index (χ0v) is 18.1. The molecular formula is C22H27N3O4S. The molecule has 1 N–H and O–H groups in total. The molecule has 8 heteroatoms. The van der Waals surface area contributed by atoms with E-state index in [-0.39, 0.29) is 42.4 Å². The monoisotopic (exact) mass is 429 g/mol. The standard InChI is InChI=1S/C22H27N3O4S/c1-3-17(2)25(15-18-8-5-4-6-9-18)22(27)19-10-7-11-20(14-19)30(28,29)24-13-12-23-21(26)16-24/h4-11,14,17H,3,12-13,15-16H2,1-2H3,(H,23,26). The molecule has 1 unspecified atom stereocenters. The van der Waals surface area contributed by atoms with Crippen LogP contribution in [0.15, 0.2) is 59.5 Å².